The molecule has 0 saturated heterocycles. The first kappa shape index (κ1) is 12.5. The number of hydrogen-bond donors (Lipinski definition) is 1. The molecule has 0 aromatic carbocycles. The first-order chi connectivity index (χ1) is 8.13. The minimum atomic E-state index is 0.600. The molecule has 1 aliphatic carbocycles. The molecule has 1 saturated carbocycles. The molecule has 3 nitrogen and oxygen atoms in total. The Kier molecular flexibility index (Phi) is 3.75. The average molecular weight is 235 g/mol. The highest BCUT2D eigenvalue weighted by atomic mass is 15.1. The molecule has 1 aliphatic rings. The Bertz CT molecular complexity index is 373. The molecule has 3 heteroatoms. The molecule has 0 bridgehead atoms. The molecule has 2 N–H and O–H groups in total. The van der Waals surface area contributed by atoms with Crippen molar-refractivity contribution in [1.29, 1.82) is 0 Å². The van der Waals surface area contributed by atoms with Gasteiger partial charge in [-0.25, -0.2) is 4.98 Å². The quantitative estimate of drug-likeness (QED) is 0.871. The van der Waals surface area contributed by atoms with Gasteiger partial charge in [0.15, 0.2) is 0 Å². The summed E-state index contributed by atoms with van der Waals surface area (Å²) < 4.78 is 2.17. The lowest BCUT2D eigenvalue weighted by molar-refractivity contribution is 0.345. The summed E-state index contributed by atoms with van der Waals surface area (Å²) in [5.74, 6) is 3.48. The second-order valence-corrected chi connectivity index (χ2v) is 5.54. The van der Waals surface area contributed by atoms with Gasteiger partial charge in [-0.15, -0.1) is 0 Å². The van der Waals surface area contributed by atoms with E-state index in [2.05, 4.69) is 25.3 Å². The number of aromatic nitrogens is 2. The highest BCUT2D eigenvalue weighted by molar-refractivity contribution is 5.40. The molecule has 17 heavy (non-hydrogen) atoms. The number of rotatable bonds is 3. The summed E-state index contributed by atoms with van der Waals surface area (Å²) in [5, 5.41) is 0. The van der Waals surface area contributed by atoms with Crippen LogP contribution in [0.5, 0.6) is 0 Å². The molecular weight excluding hydrogens is 210 g/mol. The van der Waals surface area contributed by atoms with Crippen molar-refractivity contribution in [2.45, 2.75) is 65.3 Å². The second kappa shape index (κ2) is 5.11. The molecule has 0 aliphatic heterocycles. The lowest BCUT2D eigenvalue weighted by atomic mass is 9.81. The Labute approximate surface area is 104 Å². The van der Waals surface area contributed by atoms with Crippen LogP contribution >= 0.6 is 0 Å². The topological polar surface area (TPSA) is 43.8 Å². The van der Waals surface area contributed by atoms with Gasteiger partial charge in [0.05, 0.1) is 5.69 Å². The van der Waals surface area contributed by atoms with Crippen molar-refractivity contribution in [2.24, 2.45) is 5.92 Å². The molecule has 1 aromatic heterocycles. The van der Waals surface area contributed by atoms with Gasteiger partial charge in [-0.1, -0.05) is 26.7 Å². The lowest BCUT2D eigenvalue weighted by Gasteiger charge is -2.25. The third-order valence-corrected chi connectivity index (χ3v) is 4.08. The van der Waals surface area contributed by atoms with Crippen molar-refractivity contribution in [3.05, 3.63) is 11.5 Å². The number of nitrogens with two attached hydrogens (primary N) is 1. The lowest BCUT2D eigenvalue weighted by Crippen LogP contribution is -2.13. The number of hydrogen-bond acceptors (Lipinski definition) is 2. The summed E-state index contributed by atoms with van der Waals surface area (Å²) in [6.07, 6.45) is 6.28. The van der Waals surface area contributed by atoms with Gasteiger partial charge in [0.2, 0.25) is 0 Å². The summed E-state index contributed by atoms with van der Waals surface area (Å²) in [6, 6.07) is 0. The van der Waals surface area contributed by atoms with E-state index < -0.39 is 0 Å². The van der Waals surface area contributed by atoms with E-state index in [1.54, 1.807) is 0 Å². The van der Waals surface area contributed by atoms with Crippen LogP contribution in [0.1, 0.15) is 63.4 Å². The van der Waals surface area contributed by atoms with Crippen molar-refractivity contribution in [3.8, 4) is 0 Å². The Morgan fingerprint density at radius 2 is 1.94 bits per heavy atom. The Morgan fingerprint density at radius 3 is 2.53 bits per heavy atom. The van der Waals surface area contributed by atoms with Crippen molar-refractivity contribution in [3.63, 3.8) is 0 Å². The molecule has 0 atom stereocenters. The standard InChI is InChI=1S/C14H25N3/c1-4-9-17-11(3)16-13(14(17)15)12-7-5-10(2)6-8-12/h10,12H,4-9,15H2,1-3H3. The van der Waals surface area contributed by atoms with Gasteiger partial charge in [0.1, 0.15) is 11.6 Å². The van der Waals surface area contributed by atoms with Crippen molar-refractivity contribution < 1.29 is 0 Å². The van der Waals surface area contributed by atoms with E-state index in [9.17, 15) is 0 Å². The molecule has 0 amide bonds. The maximum atomic E-state index is 6.26. The zero-order valence-corrected chi connectivity index (χ0v) is 11.4. The number of imidazole rings is 1. The van der Waals surface area contributed by atoms with E-state index in [1.807, 2.05) is 0 Å². The molecule has 0 radical (unpaired) electrons. The molecule has 96 valence electrons. The van der Waals surface area contributed by atoms with Crippen LogP contribution in [0, 0.1) is 12.8 Å². The summed E-state index contributed by atoms with van der Waals surface area (Å²) in [6.45, 7) is 7.59. The van der Waals surface area contributed by atoms with E-state index in [-0.39, 0.29) is 0 Å². The van der Waals surface area contributed by atoms with Gasteiger partial charge < -0.3 is 10.3 Å². The molecule has 2 rings (SSSR count). The fourth-order valence-corrected chi connectivity index (χ4v) is 2.94. The highest BCUT2D eigenvalue weighted by Crippen LogP contribution is 2.37. The van der Waals surface area contributed by atoms with Crippen LogP contribution < -0.4 is 5.73 Å². The largest absolute Gasteiger partial charge is 0.384 e. The van der Waals surface area contributed by atoms with E-state index in [1.165, 1.54) is 31.4 Å². The fraction of sp³-hybridized carbons (Fsp3) is 0.786. The first-order valence-corrected chi connectivity index (χ1v) is 6.96. The van der Waals surface area contributed by atoms with Crippen molar-refractivity contribution >= 4 is 5.82 Å². The van der Waals surface area contributed by atoms with Gasteiger partial charge >= 0.3 is 0 Å². The fourth-order valence-electron chi connectivity index (χ4n) is 2.94. The average Bonchev–Trinajstić information content (AvgIpc) is 2.59. The highest BCUT2D eigenvalue weighted by Gasteiger charge is 2.25. The number of nitrogens with zero attached hydrogens (tertiary/aromatic N) is 2. The smallest absolute Gasteiger partial charge is 0.127 e. The molecule has 0 spiro atoms. The van der Waals surface area contributed by atoms with Crippen LogP contribution in [0.25, 0.3) is 0 Å². The van der Waals surface area contributed by atoms with Crippen LogP contribution in [0.3, 0.4) is 0 Å². The van der Waals surface area contributed by atoms with Crippen molar-refractivity contribution in [2.75, 3.05) is 5.73 Å². The van der Waals surface area contributed by atoms with Crippen LogP contribution in [-0.2, 0) is 6.54 Å². The predicted octanol–water partition coefficient (Wildman–Crippen LogP) is 3.48. The van der Waals surface area contributed by atoms with Gasteiger partial charge in [0, 0.05) is 12.5 Å². The summed E-state index contributed by atoms with van der Waals surface area (Å²) in [4.78, 5) is 4.72. The monoisotopic (exact) mass is 235 g/mol. The summed E-state index contributed by atoms with van der Waals surface area (Å²) in [5.41, 5.74) is 7.43. The van der Waals surface area contributed by atoms with Crippen LogP contribution in [-0.4, -0.2) is 9.55 Å². The zero-order chi connectivity index (χ0) is 12.4. The van der Waals surface area contributed by atoms with Crippen LogP contribution in [0.15, 0.2) is 0 Å². The minimum Gasteiger partial charge on any atom is -0.384 e. The minimum absolute atomic E-state index is 0.600. The molecule has 1 aromatic rings. The Hall–Kier alpha value is -0.990. The second-order valence-electron chi connectivity index (χ2n) is 5.54. The van der Waals surface area contributed by atoms with Crippen LogP contribution in [0.4, 0.5) is 5.82 Å². The SMILES string of the molecule is CCCn1c(C)nc(C2CCC(C)CC2)c1N. The molecular formula is C14H25N3. The van der Waals surface area contributed by atoms with Gasteiger partial charge in [-0.05, 0) is 32.1 Å². The third-order valence-electron chi connectivity index (χ3n) is 4.08. The van der Waals surface area contributed by atoms with Crippen molar-refractivity contribution in [1.82, 2.24) is 9.55 Å². The maximum Gasteiger partial charge on any atom is 0.127 e. The summed E-state index contributed by atoms with van der Waals surface area (Å²) >= 11 is 0. The first-order valence-electron chi connectivity index (χ1n) is 6.96. The normalized spacial score (nSPS) is 25.1. The molecule has 1 fully saturated rings. The van der Waals surface area contributed by atoms with Gasteiger partial charge in [-0.3, -0.25) is 0 Å². The van der Waals surface area contributed by atoms with E-state index >= 15 is 0 Å². The predicted molar refractivity (Wildman–Crippen MR) is 72.0 cm³/mol. The number of anilines is 1. The number of aryl methyl sites for hydroxylation is 1. The number of nitrogen functional groups attached to an aromatic ring is 1. The zero-order valence-electron chi connectivity index (χ0n) is 11.4. The van der Waals surface area contributed by atoms with Gasteiger partial charge in [-0.2, -0.15) is 0 Å². The molecule has 1 heterocycles. The van der Waals surface area contributed by atoms with E-state index in [0.717, 1.165) is 30.5 Å². The Morgan fingerprint density at radius 1 is 1.29 bits per heavy atom. The third kappa shape index (κ3) is 2.48. The van der Waals surface area contributed by atoms with Gasteiger partial charge in [0.25, 0.3) is 0 Å². The van der Waals surface area contributed by atoms with E-state index in [4.69, 9.17) is 10.7 Å². The Balaban J connectivity index is 2.18. The maximum absolute atomic E-state index is 6.26. The van der Waals surface area contributed by atoms with Crippen LogP contribution in [0.2, 0.25) is 0 Å². The van der Waals surface area contributed by atoms with E-state index in [0.29, 0.717) is 5.92 Å². The molecule has 0 unspecified atom stereocenters. The summed E-state index contributed by atoms with van der Waals surface area (Å²) in [7, 11) is 0.